The molecular weight excluding hydrogens is 269 g/mol. The Bertz CT molecular complexity index is 437. The molecule has 0 spiro atoms. The molecule has 0 bridgehead atoms. The molecule has 0 aliphatic carbocycles. The molecule has 1 fully saturated rings. The van der Waals surface area contributed by atoms with E-state index in [9.17, 15) is 13.2 Å². The summed E-state index contributed by atoms with van der Waals surface area (Å²) in [5.74, 6) is -0.195. The largest absolute Gasteiger partial charge is 0.573 e. The smallest absolute Gasteiger partial charge is 0.406 e. The van der Waals surface area contributed by atoms with Gasteiger partial charge in [0.05, 0.1) is 0 Å². The number of hydrogen-bond donors (Lipinski definition) is 1. The van der Waals surface area contributed by atoms with Gasteiger partial charge >= 0.3 is 6.36 Å². The Kier molecular flexibility index (Phi) is 4.75. The van der Waals surface area contributed by atoms with Gasteiger partial charge in [0.1, 0.15) is 5.75 Å². The van der Waals surface area contributed by atoms with Crippen LogP contribution in [0.2, 0.25) is 0 Å². The molecule has 0 saturated carbocycles. The standard InChI is InChI=1S/C14H19F3N2O/c1-19-8-3-2-6-12(19)10-18-11-5-4-7-13(9-11)20-14(15,16)17/h4-5,7,9,12,18H,2-3,6,8,10H2,1H3. The average Bonchev–Trinajstić information content (AvgIpc) is 2.36. The second kappa shape index (κ2) is 6.35. The molecule has 1 aromatic carbocycles. The third-order valence-corrected chi connectivity index (χ3v) is 3.53. The lowest BCUT2D eigenvalue weighted by molar-refractivity contribution is -0.274. The highest BCUT2D eigenvalue weighted by atomic mass is 19.4. The molecule has 0 aromatic heterocycles. The van der Waals surface area contributed by atoms with Crippen molar-refractivity contribution in [2.75, 3.05) is 25.5 Å². The van der Waals surface area contributed by atoms with Crippen molar-refractivity contribution in [3.8, 4) is 5.75 Å². The number of hydrogen-bond acceptors (Lipinski definition) is 3. The Morgan fingerprint density at radius 2 is 2.15 bits per heavy atom. The number of nitrogens with one attached hydrogen (secondary N) is 1. The van der Waals surface area contributed by atoms with Gasteiger partial charge in [-0.1, -0.05) is 12.5 Å². The molecule has 20 heavy (non-hydrogen) atoms. The number of ether oxygens (including phenoxy) is 1. The number of likely N-dealkylation sites (tertiary alicyclic amines) is 1. The van der Waals surface area contributed by atoms with E-state index in [1.807, 2.05) is 0 Å². The predicted molar refractivity (Wildman–Crippen MR) is 71.9 cm³/mol. The maximum absolute atomic E-state index is 12.2. The van der Waals surface area contributed by atoms with Crippen LogP contribution >= 0.6 is 0 Å². The highest BCUT2D eigenvalue weighted by molar-refractivity contribution is 5.48. The summed E-state index contributed by atoms with van der Waals surface area (Å²) in [6.07, 6.45) is -1.12. The summed E-state index contributed by atoms with van der Waals surface area (Å²) in [7, 11) is 2.08. The monoisotopic (exact) mass is 288 g/mol. The van der Waals surface area contributed by atoms with E-state index < -0.39 is 6.36 Å². The maximum Gasteiger partial charge on any atom is 0.573 e. The van der Waals surface area contributed by atoms with Crippen LogP contribution in [0.15, 0.2) is 24.3 Å². The topological polar surface area (TPSA) is 24.5 Å². The third-order valence-electron chi connectivity index (χ3n) is 3.53. The maximum atomic E-state index is 12.2. The molecule has 1 saturated heterocycles. The fourth-order valence-electron chi connectivity index (χ4n) is 2.44. The lowest BCUT2D eigenvalue weighted by Gasteiger charge is -2.32. The van der Waals surface area contributed by atoms with E-state index in [-0.39, 0.29) is 5.75 Å². The van der Waals surface area contributed by atoms with Crippen LogP contribution in [0.4, 0.5) is 18.9 Å². The van der Waals surface area contributed by atoms with Crippen molar-refractivity contribution >= 4 is 5.69 Å². The minimum absolute atomic E-state index is 0.195. The molecule has 1 aromatic rings. The van der Waals surface area contributed by atoms with E-state index in [1.165, 1.54) is 25.0 Å². The molecule has 0 radical (unpaired) electrons. The van der Waals surface area contributed by atoms with Crippen LogP contribution in [-0.4, -0.2) is 37.4 Å². The van der Waals surface area contributed by atoms with Gasteiger partial charge in [-0.2, -0.15) is 0 Å². The lowest BCUT2D eigenvalue weighted by Crippen LogP contribution is -2.40. The van der Waals surface area contributed by atoms with Gasteiger partial charge in [0.25, 0.3) is 0 Å². The van der Waals surface area contributed by atoms with Crippen molar-refractivity contribution in [2.45, 2.75) is 31.7 Å². The highest BCUT2D eigenvalue weighted by Gasteiger charge is 2.31. The number of likely N-dealkylation sites (N-methyl/N-ethyl adjacent to an activating group) is 1. The van der Waals surface area contributed by atoms with Gasteiger partial charge in [-0.05, 0) is 38.6 Å². The fourth-order valence-corrected chi connectivity index (χ4v) is 2.44. The van der Waals surface area contributed by atoms with Crippen LogP contribution in [0.3, 0.4) is 0 Å². The number of halogens is 3. The Morgan fingerprint density at radius 1 is 1.35 bits per heavy atom. The molecule has 1 atom stereocenters. The summed E-state index contributed by atoms with van der Waals surface area (Å²) in [5, 5.41) is 3.18. The molecule has 3 nitrogen and oxygen atoms in total. The van der Waals surface area contributed by atoms with E-state index in [0.29, 0.717) is 11.7 Å². The van der Waals surface area contributed by atoms with Crippen LogP contribution in [0, 0.1) is 0 Å². The Hall–Kier alpha value is -1.43. The van der Waals surface area contributed by atoms with Gasteiger partial charge in [-0.25, -0.2) is 0 Å². The van der Waals surface area contributed by atoms with Crippen molar-refractivity contribution in [3.63, 3.8) is 0 Å². The molecule has 0 amide bonds. The van der Waals surface area contributed by atoms with Crippen LogP contribution in [-0.2, 0) is 0 Å². The zero-order valence-electron chi connectivity index (χ0n) is 11.4. The van der Waals surface area contributed by atoms with Crippen LogP contribution < -0.4 is 10.1 Å². The van der Waals surface area contributed by atoms with Gasteiger partial charge in [-0.3, -0.25) is 0 Å². The quantitative estimate of drug-likeness (QED) is 0.918. The SMILES string of the molecule is CN1CCCCC1CNc1cccc(OC(F)(F)F)c1. The van der Waals surface area contributed by atoms with Gasteiger partial charge in [0, 0.05) is 24.3 Å². The summed E-state index contributed by atoms with van der Waals surface area (Å²) in [6.45, 7) is 1.80. The Labute approximate surface area is 116 Å². The van der Waals surface area contributed by atoms with Crippen molar-refractivity contribution in [1.82, 2.24) is 4.90 Å². The summed E-state index contributed by atoms with van der Waals surface area (Å²) < 4.78 is 40.4. The molecule has 1 unspecified atom stereocenters. The minimum Gasteiger partial charge on any atom is -0.406 e. The van der Waals surface area contributed by atoms with Crippen molar-refractivity contribution in [1.29, 1.82) is 0 Å². The number of rotatable bonds is 4. The van der Waals surface area contributed by atoms with E-state index in [2.05, 4.69) is 22.0 Å². The third kappa shape index (κ3) is 4.59. The summed E-state index contributed by atoms with van der Waals surface area (Å²) >= 11 is 0. The van der Waals surface area contributed by atoms with E-state index >= 15 is 0 Å². The van der Waals surface area contributed by atoms with Gasteiger partial charge < -0.3 is 15.0 Å². The first-order valence-corrected chi connectivity index (χ1v) is 6.74. The van der Waals surface area contributed by atoms with Crippen LogP contribution in [0.1, 0.15) is 19.3 Å². The zero-order valence-corrected chi connectivity index (χ0v) is 11.4. The molecule has 1 N–H and O–H groups in total. The molecular formula is C14H19F3N2O. The molecule has 1 heterocycles. The van der Waals surface area contributed by atoms with Crippen molar-refractivity contribution in [2.24, 2.45) is 0 Å². The van der Waals surface area contributed by atoms with Crippen LogP contribution in [0.25, 0.3) is 0 Å². The number of alkyl halides is 3. The first-order valence-electron chi connectivity index (χ1n) is 6.74. The summed E-state index contributed by atoms with van der Waals surface area (Å²) in [6, 6.07) is 6.39. The zero-order chi connectivity index (χ0) is 14.6. The first kappa shape index (κ1) is 15.0. The van der Waals surface area contributed by atoms with Crippen molar-refractivity contribution < 1.29 is 17.9 Å². The second-order valence-corrected chi connectivity index (χ2v) is 5.09. The molecule has 112 valence electrons. The Morgan fingerprint density at radius 3 is 2.85 bits per heavy atom. The number of nitrogens with zero attached hydrogens (tertiary/aromatic N) is 1. The summed E-state index contributed by atoms with van der Waals surface area (Å²) in [4.78, 5) is 2.28. The molecule has 1 aliphatic rings. The van der Waals surface area contributed by atoms with E-state index in [1.54, 1.807) is 12.1 Å². The average molecular weight is 288 g/mol. The predicted octanol–water partition coefficient (Wildman–Crippen LogP) is 3.48. The van der Waals surface area contributed by atoms with Gasteiger partial charge in [0.15, 0.2) is 0 Å². The summed E-state index contributed by atoms with van der Waals surface area (Å²) in [5.41, 5.74) is 0.644. The van der Waals surface area contributed by atoms with E-state index in [0.717, 1.165) is 19.5 Å². The normalized spacial score (nSPS) is 20.7. The van der Waals surface area contributed by atoms with Gasteiger partial charge in [-0.15, -0.1) is 13.2 Å². The fraction of sp³-hybridized carbons (Fsp3) is 0.571. The Balaban J connectivity index is 1.91. The van der Waals surface area contributed by atoms with Crippen LogP contribution in [0.5, 0.6) is 5.75 Å². The molecule has 2 rings (SSSR count). The first-order chi connectivity index (χ1) is 9.44. The minimum atomic E-state index is -4.65. The number of anilines is 1. The highest BCUT2D eigenvalue weighted by Crippen LogP contribution is 2.25. The number of benzene rings is 1. The van der Waals surface area contributed by atoms with Gasteiger partial charge in [0.2, 0.25) is 0 Å². The van der Waals surface area contributed by atoms with E-state index in [4.69, 9.17) is 0 Å². The number of piperidine rings is 1. The molecule has 6 heteroatoms. The van der Waals surface area contributed by atoms with Crippen molar-refractivity contribution in [3.05, 3.63) is 24.3 Å². The molecule has 1 aliphatic heterocycles. The lowest BCUT2D eigenvalue weighted by atomic mass is 10.0. The second-order valence-electron chi connectivity index (χ2n) is 5.09.